The van der Waals surface area contributed by atoms with Gasteiger partial charge in [0.2, 0.25) is 0 Å². The van der Waals surface area contributed by atoms with Crippen molar-refractivity contribution >= 4 is 0 Å². The molecule has 0 saturated carbocycles. The van der Waals surface area contributed by atoms with E-state index >= 15 is 0 Å². The zero-order valence-corrected chi connectivity index (χ0v) is 7.92. The molecule has 3 unspecified atom stereocenters. The summed E-state index contributed by atoms with van der Waals surface area (Å²) in [7, 11) is 2.34. The summed E-state index contributed by atoms with van der Waals surface area (Å²) >= 11 is 0. The van der Waals surface area contributed by atoms with Crippen molar-refractivity contribution in [2.75, 3.05) is 20.1 Å². The van der Waals surface area contributed by atoms with Gasteiger partial charge < -0.3 is 5.32 Å². The van der Waals surface area contributed by atoms with Crippen LogP contribution in [0.4, 0.5) is 0 Å². The minimum absolute atomic E-state index is 0.787. The average Bonchev–Trinajstić information content (AvgIpc) is 2.23. The number of hydrogen-bond donors (Lipinski definition) is 1. The maximum Gasteiger partial charge on any atom is 0.106 e. The summed E-state index contributed by atoms with van der Waals surface area (Å²) in [6, 6.07) is 1.62. The number of nitrogens with one attached hydrogen (secondary N) is 1. The van der Waals surface area contributed by atoms with Crippen molar-refractivity contribution in [1.29, 1.82) is 0 Å². The summed E-state index contributed by atoms with van der Waals surface area (Å²) in [6.07, 6.45) is 6.24. The van der Waals surface area contributed by atoms with Crippen molar-refractivity contribution in [3.8, 4) is 0 Å². The highest BCUT2D eigenvalue weighted by molar-refractivity contribution is 4.84. The Morgan fingerprint density at radius 3 is 2.83 bits per heavy atom. The van der Waals surface area contributed by atoms with Crippen LogP contribution in [0.15, 0.2) is 12.8 Å². The minimum atomic E-state index is 0.787. The molecule has 0 radical (unpaired) electrons. The van der Waals surface area contributed by atoms with Gasteiger partial charge in [-0.2, -0.15) is 0 Å². The molecule has 2 heteroatoms. The highest BCUT2D eigenvalue weighted by Gasteiger charge is 2.45. The second kappa shape index (κ2) is 2.86. The van der Waals surface area contributed by atoms with Gasteiger partial charge in [-0.05, 0) is 6.58 Å². The van der Waals surface area contributed by atoms with Crippen LogP contribution in [0.25, 0.3) is 0 Å². The predicted octanol–water partition coefficient (Wildman–Crippen LogP) is 1.10. The Morgan fingerprint density at radius 2 is 2.08 bits per heavy atom. The summed E-state index contributed by atoms with van der Waals surface area (Å²) in [5.41, 5.74) is 0. The summed E-state index contributed by atoms with van der Waals surface area (Å²) in [5.74, 6) is 0. The smallest absolute Gasteiger partial charge is 0.106 e. The lowest BCUT2D eigenvalue weighted by atomic mass is 10.1. The van der Waals surface area contributed by atoms with Gasteiger partial charge in [0.1, 0.15) is 6.04 Å². The van der Waals surface area contributed by atoms with Gasteiger partial charge in [0.05, 0.1) is 19.3 Å². The third kappa shape index (κ3) is 1.02. The van der Waals surface area contributed by atoms with Crippen molar-refractivity contribution in [1.82, 2.24) is 5.32 Å². The number of fused-ring (bicyclic) bond motifs is 2. The molecule has 3 atom stereocenters. The molecule has 1 N–H and O–H groups in total. The number of likely N-dealkylation sites (N-methyl/N-ethyl adjacent to an activating group) is 1. The van der Waals surface area contributed by atoms with Gasteiger partial charge in [-0.1, -0.05) is 0 Å². The van der Waals surface area contributed by atoms with E-state index in [2.05, 4.69) is 25.1 Å². The molecular weight excluding hydrogens is 148 g/mol. The van der Waals surface area contributed by atoms with Crippen LogP contribution in [0, 0.1) is 0 Å². The molecule has 0 aliphatic carbocycles. The van der Waals surface area contributed by atoms with Crippen LogP contribution in [0.1, 0.15) is 19.3 Å². The molecular formula is C10H19N2+. The van der Waals surface area contributed by atoms with E-state index in [0.717, 1.165) is 16.6 Å². The standard InChI is InChI=1S/C10H19N2/c1-3-12(2)9-4-5-10(12)8-11-7-6-9/h3,9-11H,1,4-8H2,2H3/q+1. The van der Waals surface area contributed by atoms with Crippen LogP contribution >= 0.6 is 0 Å². The first-order chi connectivity index (χ1) is 5.77. The molecule has 68 valence electrons. The maximum absolute atomic E-state index is 3.98. The van der Waals surface area contributed by atoms with Crippen LogP contribution < -0.4 is 5.32 Å². The Bertz CT molecular complexity index is 174. The van der Waals surface area contributed by atoms with Gasteiger partial charge in [-0.15, -0.1) is 0 Å². The SMILES string of the molecule is C=C[N+]1(C)C2CCNCC1CC2. The van der Waals surface area contributed by atoms with Crippen LogP contribution in [0.3, 0.4) is 0 Å². The van der Waals surface area contributed by atoms with Gasteiger partial charge in [-0.3, -0.25) is 4.48 Å². The molecule has 2 fully saturated rings. The molecule has 0 spiro atoms. The Labute approximate surface area is 74.8 Å². The molecule has 0 amide bonds. The second-order valence-corrected chi connectivity index (χ2v) is 4.28. The van der Waals surface area contributed by atoms with E-state index in [-0.39, 0.29) is 0 Å². The molecule has 0 aromatic heterocycles. The summed E-state index contributed by atoms with van der Waals surface area (Å²) in [5, 5.41) is 3.50. The third-order valence-electron chi connectivity index (χ3n) is 3.83. The highest BCUT2D eigenvalue weighted by atomic mass is 15.4. The molecule has 2 nitrogen and oxygen atoms in total. The largest absolute Gasteiger partial charge is 0.311 e. The fourth-order valence-corrected chi connectivity index (χ4v) is 2.80. The third-order valence-corrected chi connectivity index (χ3v) is 3.83. The van der Waals surface area contributed by atoms with Crippen molar-refractivity contribution in [2.45, 2.75) is 31.3 Å². The number of quaternary nitrogens is 1. The first kappa shape index (κ1) is 8.27. The van der Waals surface area contributed by atoms with Crippen molar-refractivity contribution < 1.29 is 4.48 Å². The molecule has 2 aliphatic rings. The lowest BCUT2D eigenvalue weighted by Gasteiger charge is -2.35. The van der Waals surface area contributed by atoms with E-state index in [0.29, 0.717) is 0 Å². The van der Waals surface area contributed by atoms with E-state index in [1.165, 1.54) is 32.4 Å². The molecule has 12 heavy (non-hydrogen) atoms. The van der Waals surface area contributed by atoms with E-state index < -0.39 is 0 Å². The van der Waals surface area contributed by atoms with E-state index in [4.69, 9.17) is 0 Å². The number of hydrogen-bond acceptors (Lipinski definition) is 1. The molecule has 2 rings (SSSR count). The average molecular weight is 167 g/mol. The summed E-state index contributed by atoms with van der Waals surface area (Å²) < 4.78 is 1.10. The van der Waals surface area contributed by atoms with E-state index in [1.54, 1.807) is 0 Å². The fourth-order valence-electron chi connectivity index (χ4n) is 2.80. The van der Waals surface area contributed by atoms with Crippen molar-refractivity contribution in [3.63, 3.8) is 0 Å². The molecule has 2 saturated heterocycles. The van der Waals surface area contributed by atoms with E-state index in [1.807, 2.05) is 0 Å². The maximum atomic E-state index is 3.98. The van der Waals surface area contributed by atoms with Gasteiger partial charge in [-0.25, -0.2) is 0 Å². The van der Waals surface area contributed by atoms with Gasteiger partial charge in [0.25, 0.3) is 0 Å². The Hall–Kier alpha value is -0.340. The monoisotopic (exact) mass is 167 g/mol. The predicted molar refractivity (Wildman–Crippen MR) is 50.7 cm³/mol. The summed E-state index contributed by atoms with van der Waals surface area (Å²) in [4.78, 5) is 0. The topological polar surface area (TPSA) is 12.0 Å². The van der Waals surface area contributed by atoms with Gasteiger partial charge in [0, 0.05) is 32.4 Å². The second-order valence-electron chi connectivity index (χ2n) is 4.28. The quantitative estimate of drug-likeness (QED) is 0.577. The van der Waals surface area contributed by atoms with Crippen LogP contribution in [-0.2, 0) is 0 Å². The minimum Gasteiger partial charge on any atom is -0.311 e. The van der Waals surface area contributed by atoms with Crippen LogP contribution in [-0.4, -0.2) is 36.7 Å². The van der Waals surface area contributed by atoms with Crippen molar-refractivity contribution in [2.24, 2.45) is 0 Å². The molecule has 0 aromatic rings. The zero-order valence-electron chi connectivity index (χ0n) is 7.92. The number of rotatable bonds is 1. The lowest BCUT2D eigenvalue weighted by molar-refractivity contribution is -0.893. The first-order valence-electron chi connectivity index (χ1n) is 4.97. The molecule has 2 aliphatic heterocycles. The summed E-state index contributed by atoms with van der Waals surface area (Å²) in [6.45, 7) is 6.36. The lowest BCUT2D eigenvalue weighted by Crippen LogP contribution is -2.49. The molecule has 0 aromatic carbocycles. The number of nitrogens with zero attached hydrogens (tertiary/aromatic N) is 1. The first-order valence-corrected chi connectivity index (χ1v) is 4.97. The van der Waals surface area contributed by atoms with Gasteiger partial charge >= 0.3 is 0 Å². The molecule has 2 bridgehead atoms. The highest BCUT2D eigenvalue weighted by Crippen LogP contribution is 2.34. The molecule has 2 heterocycles. The van der Waals surface area contributed by atoms with Crippen LogP contribution in [0.5, 0.6) is 0 Å². The van der Waals surface area contributed by atoms with Crippen molar-refractivity contribution in [3.05, 3.63) is 12.8 Å². The normalized spacial score (nSPS) is 47.1. The Balaban J connectivity index is 2.25. The fraction of sp³-hybridized carbons (Fsp3) is 0.800. The Kier molecular flexibility index (Phi) is 1.97. The Morgan fingerprint density at radius 1 is 1.33 bits per heavy atom. The zero-order chi connectivity index (χ0) is 8.60. The van der Waals surface area contributed by atoms with E-state index in [9.17, 15) is 0 Å². The van der Waals surface area contributed by atoms with Crippen LogP contribution in [0.2, 0.25) is 0 Å². The van der Waals surface area contributed by atoms with Gasteiger partial charge in [0.15, 0.2) is 0 Å².